The normalized spacial score (nSPS) is 17.3. The molecule has 160 valence electrons. The Morgan fingerprint density at radius 3 is 2.35 bits per heavy atom. The minimum absolute atomic E-state index is 0.0828. The third-order valence-electron chi connectivity index (χ3n) is 4.62. The number of hydrogen-bond donors (Lipinski definition) is 2. The molecule has 2 N–H and O–H groups in total. The zero-order valence-corrected chi connectivity index (χ0v) is 17.4. The van der Waals surface area contributed by atoms with Crippen molar-refractivity contribution in [2.45, 2.75) is 24.8 Å². The molecule has 0 bridgehead atoms. The number of aliphatic hydroxyl groups excluding tert-OH is 1. The van der Waals surface area contributed by atoms with Crippen molar-refractivity contribution in [2.75, 3.05) is 6.54 Å². The topological polar surface area (TPSA) is 149 Å². The van der Waals surface area contributed by atoms with Crippen LogP contribution in [0.25, 0.3) is 17.4 Å². The smallest absolute Gasteiger partial charge is 0.294 e. The predicted octanol–water partition coefficient (Wildman–Crippen LogP) is 2.17. The summed E-state index contributed by atoms with van der Waals surface area (Å²) in [5, 5.41) is 18.9. The van der Waals surface area contributed by atoms with Crippen molar-refractivity contribution in [2.24, 2.45) is 0 Å². The van der Waals surface area contributed by atoms with Crippen LogP contribution in [0.5, 0.6) is 0 Å². The van der Waals surface area contributed by atoms with Gasteiger partial charge in [0, 0.05) is 11.1 Å². The number of aliphatic hydroxyl groups is 1. The molecule has 1 unspecified atom stereocenters. The molecule has 0 spiro atoms. The van der Waals surface area contributed by atoms with Crippen molar-refractivity contribution in [1.82, 2.24) is 4.90 Å². The number of carbonyl (C=O) groups excluding carboxylic acids is 2. The number of nitriles is 1. The molecule has 1 atom stereocenters. The molecule has 9 nitrogen and oxygen atoms in total. The van der Waals surface area contributed by atoms with E-state index < -0.39 is 28.0 Å². The fraction of sp³-hybridized carbons (Fsp3) is 0.190. The number of imide groups is 1. The van der Waals surface area contributed by atoms with Gasteiger partial charge >= 0.3 is 0 Å². The van der Waals surface area contributed by atoms with Crippen LogP contribution in [-0.4, -0.2) is 47.4 Å². The first-order chi connectivity index (χ1) is 14.5. The summed E-state index contributed by atoms with van der Waals surface area (Å²) in [7, 11) is -4.31. The van der Waals surface area contributed by atoms with E-state index in [0.717, 1.165) is 4.90 Å². The molecule has 0 aliphatic carbocycles. The van der Waals surface area contributed by atoms with Gasteiger partial charge in [0.2, 0.25) is 0 Å². The van der Waals surface area contributed by atoms with Crippen LogP contribution in [-0.2, 0) is 19.7 Å². The van der Waals surface area contributed by atoms with Crippen LogP contribution in [0.2, 0.25) is 0 Å². The number of rotatable bonds is 5. The molecule has 0 radical (unpaired) electrons. The molecule has 0 saturated heterocycles. The zero-order chi connectivity index (χ0) is 22.9. The SMILES string of the molecule is CC1=C(C#N)C(=O)N(CC(C)O)C(=O)/C1=C/c1ccc(-c2ccc(S(=O)(=O)O)cc2)o1. The third-order valence-corrected chi connectivity index (χ3v) is 5.49. The largest absolute Gasteiger partial charge is 0.457 e. The summed E-state index contributed by atoms with van der Waals surface area (Å²) >= 11 is 0. The predicted molar refractivity (Wildman–Crippen MR) is 109 cm³/mol. The molecule has 31 heavy (non-hydrogen) atoms. The molecular formula is C21H18N2O7S. The molecule has 1 aromatic carbocycles. The van der Waals surface area contributed by atoms with E-state index >= 15 is 0 Å². The number of carbonyl (C=O) groups is 2. The molecule has 0 saturated carbocycles. The minimum Gasteiger partial charge on any atom is -0.457 e. The second-order valence-corrected chi connectivity index (χ2v) is 8.36. The van der Waals surface area contributed by atoms with E-state index in [4.69, 9.17) is 8.97 Å². The first kappa shape index (κ1) is 22.2. The van der Waals surface area contributed by atoms with E-state index in [0.29, 0.717) is 11.3 Å². The number of nitrogens with zero attached hydrogens (tertiary/aromatic N) is 2. The van der Waals surface area contributed by atoms with Crippen molar-refractivity contribution in [1.29, 1.82) is 5.26 Å². The maximum absolute atomic E-state index is 12.8. The van der Waals surface area contributed by atoms with E-state index in [1.807, 2.05) is 0 Å². The second kappa shape index (κ2) is 8.31. The van der Waals surface area contributed by atoms with Gasteiger partial charge in [-0.3, -0.25) is 19.0 Å². The Bertz CT molecular complexity index is 1260. The van der Waals surface area contributed by atoms with Gasteiger partial charge in [-0.2, -0.15) is 13.7 Å². The Morgan fingerprint density at radius 2 is 1.81 bits per heavy atom. The molecule has 3 rings (SSSR count). The summed E-state index contributed by atoms with van der Waals surface area (Å²) in [5.41, 5.74) is 0.621. The number of furan rings is 1. The number of hydrogen-bond acceptors (Lipinski definition) is 7. The molecular weight excluding hydrogens is 424 g/mol. The van der Waals surface area contributed by atoms with Crippen LogP contribution >= 0.6 is 0 Å². The highest BCUT2D eigenvalue weighted by molar-refractivity contribution is 7.85. The first-order valence-corrected chi connectivity index (χ1v) is 10.5. The van der Waals surface area contributed by atoms with Crippen molar-refractivity contribution < 1.29 is 32.1 Å². The van der Waals surface area contributed by atoms with E-state index in [2.05, 4.69) is 0 Å². The summed E-state index contributed by atoms with van der Waals surface area (Å²) in [6, 6.07) is 10.3. The fourth-order valence-corrected chi connectivity index (χ4v) is 3.56. The molecule has 2 heterocycles. The Balaban J connectivity index is 1.98. The van der Waals surface area contributed by atoms with Crippen LogP contribution in [0, 0.1) is 11.3 Å². The molecule has 10 heteroatoms. The van der Waals surface area contributed by atoms with Crippen molar-refractivity contribution in [3.8, 4) is 17.4 Å². The van der Waals surface area contributed by atoms with Gasteiger partial charge < -0.3 is 9.52 Å². The van der Waals surface area contributed by atoms with E-state index in [1.165, 1.54) is 44.2 Å². The summed E-state index contributed by atoms with van der Waals surface area (Å²) in [4.78, 5) is 25.8. The molecule has 1 aromatic heterocycles. The minimum atomic E-state index is -4.31. The lowest BCUT2D eigenvalue weighted by Crippen LogP contribution is -2.45. The van der Waals surface area contributed by atoms with Crippen LogP contribution in [0.3, 0.4) is 0 Å². The molecule has 1 aliphatic heterocycles. The van der Waals surface area contributed by atoms with Gasteiger partial charge in [-0.15, -0.1) is 0 Å². The van der Waals surface area contributed by atoms with Gasteiger partial charge in [0.1, 0.15) is 23.2 Å². The lowest BCUT2D eigenvalue weighted by molar-refractivity contribution is -0.141. The van der Waals surface area contributed by atoms with Gasteiger partial charge in [0.25, 0.3) is 21.9 Å². The van der Waals surface area contributed by atoms with Crippen molar-refractivity contribution >= 4 is 28.0 Å². The van der Waals surface area contributed by atoms with E-state index in [-0.39, 0.29) is 33.9 Å². The van der Waals surface area contributed by atoms with Crippen molar-refractivity contribution in [3.63, 3.8) is 0 Å². The quantitative estimate of drug-likeness (QED) is 0.406. The standard InChI is InChI=1S/C21H18N2O7S/c1-12(24)11-23-20(25)17(13(2)18(10-22)21(23)26)9-15-5-8-19(30-15)14-3-6-16(7-4-14)31(27,28)29/h3-9,12,24H,11H2,1-2H3,(H,27,28,29)/b17-9+. The molecule has 0 fully saturated rings. The van der Waals surface area contributed by atoms with Gasteiger partial charge in [0.15, 0.2) is 0 Å². The summed E-state index contributed by atoms with van der Waals surface area (Å²) < 4.78 is 37.1. The Hall–Kier alpha value is -3.52. The molecule has 2 aromatic rings. The Kier molecular flexibility index (Phi) is 5.94. The van der Waals surface area contributed by atoms with E-state index in [1.54, 1.807) is 18.2 Å². The third kappa shape index (κ3) is 4.49. The number of amides is 2. The van der Waals surface area contributed by atoms with Crippen LogP contribution in [0.4, 0.5) is 0 Å². The average molecular weight is 442 g/mol. The fourth-order valence-electron chi connectivity index (χ4n) is 3.08. The molecule has 2 amide bonds. The Labute approximate surface area is 178 Å². The van der Waals surface area contributed by atoms with Gasteiger partial charge in [-0.1, -0.05) is 0 Å². The second-order valence-electron chi connectivity index (χ2n) is 6.94. The number of benzene rings is 1. The van der Waals surface area contributed by atoms with Gasteiger partial charge in [0.05, 0.1) is 17.5 Å². The van der Waals surface area contributed by atoms with Crippen LogP contribution < -0.4 is 0 Å². The maximum Gasteiger partial charge on any atom is 0.294 e. The highest BCUT2D eigenvalue weighted by Crippen LogP contribution is 2.29. The number of β-amino-alcohol motifs (C(OH)–C–C–N with tert-alkyl or cyclic N) is 1. The average Bonchev–Trinajstić information content (AvgIpc) is 3.17. The van der Waals surface area contributed by atoms with E-state index in [9.17, 15) is 28.4 Å². The summed E-state index contributed by atoms with van der Waals surface area (Å²) in [6.07, 6.45) is 0.431. The summed E-state index contributed by atoms with van der Waals surface area (Å²) in [5.74, 6) is -0.781. The highest BCUT2D eigenvalue weighted by Gasteiger charge is 2.36. The van der Waals surface area contributed by atoms with Crippen molar-refractivity contribution in [3.05, 3.63) is 58.9 Å². The lowest BCUT2D eigenvalue weighted by atomic mass is 9.94. The van der Waals surface area contributed by atoms with Gasteiger partial charge in [-0.25, -0.2) is 0 Å². The zero-order valence-electron chi connectivity index (χ0n) is 16.6. The van der Waals surface area contributed by atoms with Crippen LogP contribution in [0.15, 0.2) is 62.4 Å². The Morgan fingerprint density at radius 1 is 1.16 bits per heavy atom. The monoisotopic (exact) mass is 442 g/mol. The van der Waals surface area contributed by atoms with Gasteiger partial charge in [-0.05, 0) is 61.9 Å². The summed E-state index contributed by atoms with van der Waals surface area (Å²) in [6.45, 7) is 2.65. The lowest BCUT2D eigenvalue weighted by Gasteiger charge is -2.28. The van der Waals surface area contributed by atoms with Crippen LogP contribution in [0.1, 0.15) is 19.6 Å². The maximum atomic E-state index is 12.8. The molecule has 1 aliphatic rings. The first-order valence-electron chi connectivity index (χ1n) is 9.08. The highest BCUT2D eigenvalue weighted by atomic mass is 32.2.